The molecule has 1 aliphatic rings. The average Bonchev–Trinajstić information content (AvgIpc) is 2.59. The number of anilines is 1. The standard InChI is InChI=1S/C14H8F11NO2/c1-28-7-4-2-6(3-5-7)26-8(27)9(15)10(16,17)12(20,21)14(24,25)13(22,23)11(9,18)19/h2-5H,1H3,(H,26,27). The van der Waals surface area contributed by atoms with E-state index in [0.717, 1.165) is 36.7 Å². The first-order chi connectivity index (χ1) is 12.4. The van der Waals surface area contributed by atoms with Gasteiger partial charge in [0.1, 0.15) is 5.75 Å². The first-order valence-electron chi connectivity index (χ1n) is 6.97. The summed E-state index contributed by atoms with van der Waals surface area (Å²) in [6.45, 7) is 0. The predicted octanol–water partition coefficient (Wildman–Crippen LogP) is 4.53. The van der Waals surface area contributed by atoms with Crippen LogP contribution >= 0.6 is 0 Å². The van der Waals surface area contributed by atoms with Gasteiger partial charge in [0.25, 0.3) is 5.91 Å². The monoisotopic (exact) mass is 431 g/mol. The maximum atomic E-state index is 14.5. The molecule has 0 heterocycles. The lowest BCUT2D eigenvalue weighted by atomic mass is 9.71. The molecule has 2 rings (SSSR count). The van der Waals surface area contributed by atoms with Crippen LogP contribution in [0.3, 0.4) is 0 Å². The molecule has 1 aromatic rings. The van der Waals surface area contributed by atoms with E-state index in [1.807, 2.05) is 0 Å². The number of nitrogens with one attached hydrogen (secondary N) is 1. The Morgan fingerprint density at radius 1 is 0.714 bits per heavy atom. The molecule has 1 aromatic carbocycles. The zero-order valence-electron chi connectivity index (χ0n) is 13.3. The van der Waals surface area contributed by atoms with Gasteiger partial charge >= 0.3 is 35.3 Å². The van der Waals surface area contributed by atoms with Crippen LogP contribution in [0.25, 0.3) is 0 Å². The Balaban J connectivity index is 2.62. The molecular weight excluding hydrogens is 423 g/mol. The van der Waals surface area contributed by atoms with Gasteiger partial charge in [-0.05, 0) is 24.3 Å². The van der Waals surface area contributed by atoms with Crippen LogP contribution in [0.2, 0.25) is 0 Å². The molecule has 1 aliphatic carbocycles. The number of rotatable bonds is 3. The minimum absolute atomic E-state index is 0.0546. The van der Waals surface area contributed by atoms with E-state index in [1.165, 1.54) is 0 Å². The number of methoxy groups -OCH3 is 1. The highest BCUT2D eigenvalue weighted by molar-refractivity contribution is 5.99. The number of hydrogen-bond acceptors (Lipinski definition) is 2. The Labute approximate surface area is 148 Å². The molecule has 0 radical (unpaired) electrons. The fourth-order valence-electron chi connectivity index (χ4n) is 2.40. The van der Waals surface area contributed by atoms with Gasteiger partial charge in [0.15, 0.2) is 0 Å². The van der Waals surface area contributed by atoms with Crippen molar-refractivity contribution < 1.29 is 57.8 Å². The van der Waals surface area contributed by atoms with Crippen molar-refractivity contribution in [2.45, 2.75) is 35.3 Å². The molecule has 0 spiro atoms. The predicted molar refractivity (Wildman–Crippen MR) is 70.2 cm³/mol. The van der Waals surface area contributed by atoms with Gasteiger partial charge in [-0.25, -0.2) is 4.39 Å². The molecule has 1 fully saturated rings. The van der Waals surface area contributed by atoms with Gasteiger partial charge in [-0.1, -0.05) is 0 Å². The fraction of sp³-hybridized carbons (Fsp3) is 0.500. The van der Waals surface area contributed by atoms with Crippen LogP contribution in [-0.4, -0.2) is 48.3 Å². The number of benzene rings is 1. The molecule has 1 saturated carbocycles. The van der Waals surface area contributed by atoms with Gasteiger partial charge in [-0.2, -0.15) is 43.9 Å². The Morgan fingerprint density at radius 2 is 1.07 bits per heavy atom. The molecule has 158 valence electrons. The van der Waals surface area contributed by atoms with Crippen LogP contribution in [0.5, 0.6) is 5.75 Å². The second kappa shape index (κ2) is 5.86. The van der Waals surface area contributed by atoms with Crippen molar-refractivity contribution in [1.29, 1.82) is 0 Å². The van der Waals surface area contributed by atoms with E-state index >= 15 is 0 Å². The van der Waals surface area contributed by atoms with E-state index in [2.05, 4.69) is 4.74 Å². The molecule has 0 saturated heterocycles. The Bertz CT molecular complexity index is 746. The number of carbonyl (C=O) groups excluding carboxylic acids is 1. The summed E-state index contributed by atoms with van der Waals surface area (Å²) in [4.78, 5) is 11.7. The highest BCUT2D eigenvalue weighted by Crippen LogP contribution is 2.69. The zero-order valence-corrected chi connectivity index (χ0v) is 13.3. The summed E-state index contributed by atoms with van der Waals surface area (Å²) in [5, 5.41) is 0.977. The normalized spacial score (nSPS) is 25.6. The van der Waals surface area contributed by atoms with Crippen LogP contribution < -0.4 is 10.1 Å². The number of alkyl halides is 11. The van der Waals surface area contributed by atoms with Crippen LogP contribution in [0.4, 0.5) is 54.0 Å². The van der Waals surface area contributed by atoms with Crippen molar-refractivity contribution in [1.82, 2.24) is 0 Å². The molecule has 0 bridgehead atoms. The van der Waals surface area contributed by atoms with E-state index in [-0.39, 0.29) is 5.75 Å². The van der Waals surface area contributed by atoms with E-state index in [0.29, 0.717) is 0 Å². The number of carbonyl (C=O) groups is 1. The van der Waals surface area contributed by atoms with Crippen LogP contribution in [0, 0.1) is 0 Å². The van der Waals surface area contributed by atoms with Gasteiger partial charge in [-0.15, -0.1) is 0 Å². The molecule has 14 heteroatoms. The highest BCUT2D eigenvalue weighted by atomic mass is 19.4. The summed E-state index contributed by atoms with van der Waals surface area (Å²) in [6.07, 6.45) is 0. The van der Waals surface area contributed by atoms with E-state index in [1.54, 1.807) is 0 Å². The summed E-state index contributed by atoms with van der Waals surface area (Å²) < 4.78 is 154. The molecule has 0 aromatic heterocycles. The first-order valence-corrected chi connectivity index (χ1v) is 6.97. The molecule has 0 unspecified atom stereocenters. The van der Waals surface area contributed by atoms with E-state index < -0.39 is 46.9 Å². The number of hydrogen-bond donors (Lipinski definition) is 1. The van der Waals surface area contributed by atoms with Crippen LogP contribution in [0.1, 0.15) is 0 Å². The lowest BCUT2D eigenvalue weighted by molar-refractivity contribution is -0.475. The Hall–Kier alpha value is -2.28. The van der Waals surface area contributed by atoms with E-state index in [9.17, 15) is 53.1 Å². The quantitative estimate of drug-likeness (QED) is 0.715. The average molecular weight is 431 g/mol. The fourth-order valence-corrected chi connectivity index (χ4v) is 2.40. The van der Waals surface area contributed by atoms with Gasteiger partial charge < -0.3 is 10.1 Å². The van der Waals surface area contributed by atoms with Crippen LogP contribution in [-0.2, 0) is 4.79 Å². The summed E-state index contributed by atoms with van der Waals surface area (Å²) >= 11 is 0. The zero-order chi connectivity index (χ0) is 22.0. The lowest BCUT2D eigenvalue weighted by Gasteiger charge is -2.51. The van der Waals surface area contributed by atoms with Gasteiger partial charge in [0.2, 0.25) is 0 Å². The van der Waals surface area contributed by atoms with Crippen molar-refractivity contribution in [3.05, 3.63) is 24.3 Å². The third-order valence-corrected chi connectivity index (χ3v) is 4.10. The van der Waals surface area contributed by atoms with Crippen molar-refractivity contribution in [2.75, 3.05) is 12.4 Å². The second-order valence-corrected chi connectivity index (χ2v) is 5.71. The lowest BCUT2D eigenvalue weighted by Crippen LogP contribution is -2.86. The molecule has 28 heavy (non-hydrogen) atoms. The van der Waals surface area contributed by atoms with Crippen LogP contribution in [0.15, 0.2) is 24.3 Å². The second-order valence-electron chi connectivity index (χ2n) is 5.71. The van der Waals surface area contributed by atoms with Crippen molar-refractivity contribution in [2.24, 2.45) is 0 Å². The Morgan fingerprint density at radius 3 is 1.43 bits per heavy atom. The van der Waals surface area contributed by atoms with Crippen molar-refractivity contribution in [3.8, 4) is 5.75 Å². The summed E-state index contributed by atoms with van der Waals surface area (Å²) in [6, 6.07) is 3.39. The molecular formula is C14H8F11NO2. The molecule has 0 aliphatic heterocycles. The number of amides is 1. The highest BCUT2D eigenvalue weighted by Gasteiger charge is 3.02. The molecule has 1 N–H and O–H groups in total. The minimum Gasteiger partial charge on any atom is -0.497 e. The summed E-state index contributed by atoms with van der Waals surface area (Å²) in [5.41, 5.74) is -7.51. The largest absolute Gasteiger partial charge is 0.497 e. The number of ether oxygens (including phenoxy) is 1. The first kappa shape index (κ1) is 22.0. The third-order valence-electron chi connectivity index (χ3n) is 4.10. The SMILES string of the molecule is COc1ccc(NC(=O)C2(F)C(F)(F)C(F)(F)C(F)(F)C(F)(F)C2(F)F)cc1. The van der Waals surface area contributed by atoms with Crippen molar-refractivity contribution in [3.63, 3.8) is 0 Å². The maximum Gasteiger partial charge on any atom is 0.384 e. The molecule has 0 atom stereocenters. The van der Waals surface area contributed by atoms with E-state index in [4.69, 9.17) is 0 Å². The summed E-state index contributed by atoms with van der Waals surface area (Å²) in [5.74, 6) is -39.8. The van der Waals surface area contributed by atoms with Crippen molar-refractivity contribution >= 4 is 11.6 Å². The molecule has 3 nitrogen and oxygen atoms in total. The maximum absolute atomic E-state index is 14.5. The van der Waals surface area contributed by atoms with Gasteiger partial charge in [0, 0.05) is 5.69 Å². The Kier molecular flexibility index (Phi) is 4.61. The summed E-state index contributed by atoms with van der Waals surface area (Å²) in [7, 11) is 1.15. The van der Waals surface area contributed by atoms with Gasteiger partial charge in [0.05, 0.1) is 7.11 Å². The minimum atomic E-state index is -7.37. The smallest absolute Gasteiger partial charge is 0.384 e. The van der Waals surface area contributed by atoms with Gasteiger partial charge in [-0.3, -0.25) is 4.79 Å². The number of halogens is 11. The third kappa shape index (κ3) is 2.25. The molecule has 1 amide bonds. The topological polar surface area (TPSA) is 38.3 Å².